The molecule has 4 aromatic rings. The van der Waals surface area contributed by atoms with Gasteiger partial charge in [0, 0.05) is 48.8 Å². The molecule has 0 atom stereocenters. The van der Waals surface area contributed by atoms with E-state index in [1.165, 1.54) is 0 Å². The van der Waals surface area contributed by atoms with Crippen molar-refractivity contribution in [2.75, 3.05) is 30.1 Å². The third kappa shape index (κ3) is 2.75. The Morgan fingerprint density at radius 2 is 1.71 bits per heavy atom. The maximum atomic E-state index is 13.7. The molecule has 0 saturated carbocycles. The normalized spacial score (nSPS) is 16.2. The Balaban J connectivity index is 1.44. The van der Waals surface area contributed by atoms with Gasteiger partial charge in [0.15, 0.2) is 23.0 Å². The van der Waals surface area contributed by atoms with Crippen molar-refractivity contribution in [1.82, 2.24) is 5.16 Å². The zero-order chi connectivity index (χ0) is 22.8. The first-order valence-electron chi connectivity index (χ1n) is 11.2. The van der Waals surface area contributed by atoms with Crippen molar-refractivity contribution in [2.24, 2.45) is 0 Å². The molecule has 0 unspecified atom stereocenters. The second kappa shape index (κ2) is 7.08. The second-order valence-electron chi connectivity index (χ2n) is 8.65. The molecule has 3 aliphatic rings. The fourth-order valence-electron chi connectivity index (χ4n) is 5.01. The monoisotopic (exact) mass is 453 g/mol. The third-order valence-corrected chi connectivity index (χ3v) is 6.69. The minimum Gasteiger partial charge on any atom is -0.454 e. The molecule has 34 heavy (non-hydrogen) atoms. The fourth-order valence-corrected chi connectivity index (χ4v) is 5.01. The summed E-state index contributed by atoms with van der Waals surface area (Å²) in [6, 6.07) is 14.9. The van der Waals surface area contributed by atoms with Crippen LogP contribution in [-0.4, -0.2) is 36.6 Å². The summed E-state index contributed by atoms with van der Waals surface area (Å²) >= 11 is 0. The fraction of sp³-hybridized carbons (Fsp3) is 0.192. The number of hydrogen-bond acceptors (Lipinski definition) is 8. The van der Waals surface area contributed by atoms with Crippen molar-refractivity contribution in [2.45, 2.75) is 12.8 Å². The number of ether oxygens (including phenoxy) is 2. The summed E-state index contributed by atoms with van der Waals surface area (Å²) in [4.78, 5) is 27.7. The van der Waals surface area contributed by atoms with Gasteiger partial charge in [-0.2, -0.15) is 0 Å². The molecular formula is C26H19N3O5. The molecule has 0 bridgehead atoms. The van der Waals surface area contributed by atoms with E-state index in [1.807, 2.05) is 48.5 Å². The van der Waals surface area contributed by atoms with Gasteiger partial charge in [0.25, 0.3) is 0 Å². The first-order valence-corrected chi connectivity index (χ1v) is 11.2. The van der Waals surface area contributed by atoms with Crippen molar-refractivity contribution in [3.63, 3.8) is 0 Å². The highest BCUT2D eigenvalue weighted by Crippen LogP contribution is 2.47. The highest BCUT2D eigenvalue weighted by Gasteiger charge is 2.34. The minimum atomic E-state index is -0.0834. The van der Waals surface area contributed by atoms with Crippen molar-refractivity contribution in [3.8, 4) is 22.8 Å². The van der Waals surface area contributed by atoms with Gasteiger partial charge in [0.2, 0.25) is 6.79 Å². The van der Waals surface area contributed by atoms with Gasteiger partial charge in [0.1, 0.15) is 11.3 Å². The number of anilines is 3. The Hall–Kier alpha value is -4.33. The summed E-state index contributed by atoms with van der Waals surface area (Å²) < 4.78 is 16.8. The summed E-state index contributed by atoms with van der Waals surface area (Å²) in [5.41, 5.74) is 4.75. The molecule has 1 saturated heterocycles. The number of rotatable bonds is 3. The molecule has 8 nitrogen and oxygen atoms in total. The van der Waals surface area contributed by atoms with Crippen LogP contribution < -0.4 is 19.7 Å². The first-order chi connectivity index (χ1) is 16.7. The molecule has 0 spiro atoms. The van der Waals surface area contributed by atoms with Crippen LogP contribution >= 0.6 is 0 Å². The van der Waals surface area contributed by atoms with Crippen molar-refractivity contribution in [1.29, 1.82) is 0 Å². The smallest absolute Gasteiger partial charge is 0.231 e. The van der Waals surface area contributed by atoms with Crippen LogP contribution in [0.25, 0.3) is 22.2 Å². The maximum Gasteiger partial charge on any atom is 0.231 e. The molecule has 2 aliphatic heterocycles. The third-order valence-electron chi connectivity index (χ3n) is 6.69. The summed E-state index contributed by atoms with van der Waals surface area (Å²) in [5, 5.41) is 8.52. The first kappa shape index (κ1) is 19.2. The number of Topliss-reactive ketones (excluding diaryl/α,β-unsaturated/α-hetero) is 1. The van der Waals surface area contributed by atoms with Gasteiger partial charge < -0.3 is 24.2 Å². The second-order valence-corrected chi connectivity index (χ2v) is 8.65. The van der Waals surface area contributed by atoms with Gasteiger partial charge in [-0.05, 0) is 18.2 Å². The Bertz CT molecular complexity index is 1510. The lowest BCUT2D eigenvalue weighted by atomic mass is 9.86. The zero-order valence-corrected chi connectivity index (χ0v) is 18.1. The van der Waals surface area contributed by atoms with Crippen LogP contribution in [0.3, 0.4) is 0 Å². The Kier molecular flexibility index (Phi) is 3.99. The Morgan fingerprint density at radius 3 is 2.56 bits per heavy atom. The summed E-state index contributed by atoms with van der Waals surface area (Å²) in [6.45, 7) is 1.39. The van der Waals surface area contributed by atoms with Gasteiger partial charge in [0.05, 0.1) is 22.3 Å². The molecule has 0 radical (unpaired) electrons. The molecule has 3 heterocycles. The highest BCUT2D eigenvalue weighted by molar-refractivity contribution is 6.28. The quantitative estimate of drug-likeness (QED) is 0.421. The van der Waals surface area contributed by atoms with Crippen LogP contribution in [0, 0.1) is 0 Å². The van der Waals surface area contributed by atoms with E-state index in [-0.39, 0.29) is 18.4 Å². The van der Waals surface area contributed by atoms with E-state index < -0.39 is 0 Å². The van der Waals surface area contributed by atoms with E-state index in [0.29, 0.717) is 70.9 Å². The number of carbonyl (C=O) groups is 2. The lowest BCUT2D eigenvalue weighted by Crippen LogP contribution is -2.34. The van der Waals surface area contributed by atoms with Gasteiger partial charge in [-0.15, -0.1) is 0 Å². The van der Waals surface area contributed by atoms with Crippen LogP contribution in [0.4, 0.5) is 17.1 Å². The standard InChI is InChI=1S/C26H19N3O5/c30-15-7-9-29(10-8-15)19-12-18(27-14-5-6-20-21(11-14)33-13-32-20)22-23-24(19)28-34-26(23)17-4-2-1-3-16(17)25(22)31/h1-6,11-12,27H,7-10,13H2. The molecular weight excluding hydrogens is 434 g/mol. The molecule has 7 rings (SSSR count). The zero-order valence-electron chi connectivity index (χ0n) is 18.1. The summed E-state index contributed by atoms with van der Waals surface area (Å²) in [6.07, 6.45) is 0.973. The van der Waals surface area contributed by atoms with Crippen molar-refractivity contribution in [3.05, 3.63) is 59.7 Å². The average Bonchev–Trinajstić information content (AvgIpc) is 3.51. The minimum absolute atomic E-state index is 0.0834. The maximum absolute atomic E-state index is 13.7. The number of carbonyl (C=O) groups excluding carboxylic acids is 2. The van der Waals surface area contributed by atoms with Crippen LogP contribution in [0.5, 0.6) is 11.5 Å². The van der Waals surface area contributed by atoms with Crippen LogP contribution in [0.1, 0.15) is 28.8 Å². The SMILES string of the molecule is O=C1CCN(c2cc(Nc3ccc4c(c3)OCO4)c3c4c(onc24)-c2ccccc2C3=O)CC1. The molecule has 8 heteroatoms. The number of aromatic nitrogens is 1. The van der Waals surface area contributed by atoms with E-state index >= 15 is 0 Å². The number of nitrogens with zero attached hydrogens (tertiary/aromatic N) is 2. The van der Waals surface area contributed by atoms with E-state index in [0.717, 1.165) is 16.9 Å². The van der Waals surface area contributed by atoms with E-state index in [4.69, 9.17) is 14.0 Å². The largest absolute Gasteiger partial charge is 0.454 e. The number of hydrogen-bond donors (Lipinski definition) is 1. The number of fused-ring (bicyclic) bond motifs is 3. The molecule has 1 aliphatic carbocycles. The topological polar surface area (TPSA) is 93.9 Å². The van der Waals surface area contributed by atoms with Gasteiger partial charge in [-0.3, -0.25) is 9.59 Å². The average molecular weight is 453 g/mol. The Morgan fingerprint density at radius 1 is 0.912 bits per heavy atom. The lowest BCUT2D eigenvalue weighted by molar-refractivity contribution is -0.119. The number of benzene rings is 3. The molecule has 1 aromatic heterocycles. The van der Waals surface area contributed by atoms with Crippen LogP contribution in [0.15, 0.2) is 53.1 Å². The van der Waals surface area contributed by atoms with E-state index in [1.54, 1.807) is 0 Å². The van der Waals surface area contributed by atoms with Gasteiger partial charge in [-0.25, -0.2) is 0 Å². The number of piperidine rings is 1. The number of ketones is 2. The van der Waals surface area contributed by atoms with Crippen molar-refractivity contribution < 1.29 is 23.6 Å². The Labute approximate surface area is 194 Å². The van der Waals surface area contributed by atoms with Gasteiger partial charge in [-0.1, -0.05) is 29.4 Å². The molecule has 3 aromatic carbocycles. The molecule has 1 fully saturated rings. The predicted molar refractivity (Wildman–Crippen MR) is 125 cm³/mol. The van der Waals surface area contributed by atoms with E-state index in [2.05, 4.69) is 15.4 Å². The summed E-state index contributed by atoms with van der Waals surface area (Å²) in [7, 11) is 0. The highest BCUT2D eigenvalue weighted by atomic mass is 16.7. The van der Waals surface area contributed by atoms with Gasteiger partial charge >= 0.3 is 0 Å². The predicted octanol–water partition coefficient (Wildman–Crippen LogP) is 4.68. The van der Waals surface area contributed by atoms with Crippen molar-refractivity contribution >= 4 is 39.5 Å². The van der Waals surface area contributed by atoms with Crippen LogP contribution in [0.2, 0.25) is 0 Å². The summed E-state index contributed by atoms with van der Waals surface area (Å²) in [5.74, 6) is 2.10. The molecule has 0 amide bonds. The van der Waals surface area contributed by atoms with Crippen LogP contribution in [-0.2, 0) is 4.79 Å². The van der Waals surface area contributed by atoms with E-state index in [9.17, 15) is 9.59 Å². The number of nitrogens with one attached hydrogen (secondary N) is 1. The molecule has 168 valence electrons. The molecule has 1 N–H and O–H groups in total. The lowest BCUT2D eigenvalue weighted by Gasteiger charge is -2.29.